The molecule has 6 heteroatoms. The molecule has 0 aromatic rings. The topological polar surface area (TPSA) is 65.1 Å². The van der Waals surface area contributed by atoms with Crippen molar-refractivity contribution in [3.8, 4) is 0 Å². The van der Waals surface area contributed by atoms with Crippen LogP contribution in [0.2, 0.25) is 0 Å². The highest BCUT2D eigenvalue weighted by Gasteiger charge is 2.18. The van der Waals surface area contributed by atoms with E-state index in [-0.39, 0.29) is 11.9 Å². The third-order valence-electron chi connectivity index (χ3n) is 12.6. The summed E-state index contributed by atoms with van der Waals surface area (Å²) >= 11 is 0. The number of nitrogens with zero attached hydrogens (tertiary/aromatic N) is 1. The van der Waals surface area contributed by atoms with Gasteiger partial charge in [-0.05, 0) is 63.2 Å². The largest absolute Gasteiger partial charge is 0.466 e. The monoisotopic (exact) mass is 806 g/mol. The molecule has 1 rings (SSSR count). The normalized spacial score (nSPS) is 13.5. The van der Waals surface area contributed by atoms with Gasteiger partial charge in [0.15, 0.2) is 0 Å². The van der Waals surface area contributed by atoms with Gasteiger partial charge in [0.05, 0.1) is 19.3 Å². The Morgan fingerprint density at radius 2 is 0.719 bits per heavy atom. The molecule has 1 fully saturated rings. The lowest BCUT2D eigenvalue weighted by Gasteiger charge is -2.24. The number of hydroxylamine groups is 2. The summed E-state index contributed by atoms with van der Waals surface area (Å²) in [4.78, 5) is 31.2. The van der Waals surface area contributed by atoms with Gasteiger partial charge in [-0.1, -0.05) is 207 Å². The number of unbranched alkanes of at least 4 members (excludes halogenated alkanes) is 20. The van der Waals surface area contributed by atoms with E-state index in [1.54, 1.807) is 0 Å². The lowest BCUT2D eigenvalue weighted by molar-refractivity contribution is -0.188. The first-order chi connectivity index (χ1) is 28.0. The van der Waals surface area contributed by atoms with Gasteiger partial charge < -0.3 is 9.47 Å². The number of hydrogen-bond acceptors (Lipinski definition) is 6. The minimum atomic E-state index is 0.0126. The van der Waals surface area contributed by atoms with Crippen LogP contribution >= 0.6 is 0 Å². The molecule has 0 aromatic carbocycles. The first-order valence-corrected chi connectivity index (χ1v) is 25.7. The molecule has 57 heavy (non-hydrogen) atoms. The van der Waals surface area contributed by atoms with E-state index in [1.165, 1.54) is 193 Å². The predicted octanol–water partition coefficient (Wildman–Crippen LogP) is 15.8. The van der Waals surface area contributed by atoms with Crippen LogP contribution in [-0.4, -0.2) is 49.4 Å². The highest BCUT2D eigenvalue weighted by atomic mass is 16.7. The lowest BCUT2D eigenvalue weighted by Crippen LogP contribution is -2.27. The van der Waals surface area contributed by atoms with Gasteiger partial charge in [-0.25, -0.2) is 0 Å². The van der Waals surface area contributed by atoms with Gasteiger partial charge in [-0.3, -0.25) is 14.4 Å². The maximum atomic E-state index is 12.3. The first-order valence-electron chi connectivity index (χ1n) is 25.7. The molecule has 0 unspecified atom stereocenters. The fraction of sp³-hybridized carbons (Fsp3) is 0.961. The average molecular weight is 806 g/mol. The molecule has 1 saturated heterocycles. The Morgan fingerprint density at radius 1 is 0.404 bits per heavy atom. The van der Waals surface area contributed by atoms with Gasteiger partial charge in [0, 0.05) is 25.9 Å². The van der Waals surface area contributed by atoms with Crippen molar-refractivity contribution in [2.75, 3.05) is 26.3 Å². The van der Waals surface area contributed by atoms with Crippen LogP contribution in [0.3, 0.4) is 0 Å². The van der Waals surface area contributed by atoms with Crippen molar-refractivity contribution < 1.29 is 23.9 Å². The maximum Gasteiger partial charge on any atom is 0.305 e. The van der Waals surface area contributed by atoms with E-state index in [0.29, 0.717) is 32.2 Å². The number of ether oxygens (including phenoxy) is 2. The zero-order valence-electron chi connectivity index (χ0n) is 38.9. The van der Waals surface area contributed by atoms with Gasteiger partial charge >= 0.3 is 11.9 Å². The summed E-state index contributed by atoms with van der Waals surface area (Å²) in [5, 5.41) is 2.24. The van der Waals surface area contributed by atoms with E-state index in [2.05, 4.69) is 32.8 Å². The second-order valence-electron chi connectivity index (χ2n) is 18.1. The van der Waals surface area contributed by atoms with Crippen molar-refractivity contribution in [2.45, 2.75) is 278 Å². The van der Waals surface area contributed by atoms with Gasteiger partial charge in [0.1, 0.15) is 0 Å². The van der Waals surface area contributed by atoms with Crippen LogP contribution in [0.5, 0.6) is 0 Å². The Labute approximate surface area is 355 Å². The summed E-state index contributed by atoms with van der Waals surface area (Å²) in [6, 6.07) is 0. The molecule has 0 saturated carbocycles. The average Bonchev–Trinajstić information content (AvgIpc) is 3.72. The Morgan fingerprint density at radius 3 is 1.07 bits per heavy atom. The van der Waals surface area contributed by atoms with Gasteiger partial charge in [-0.2, -0.15) is 5.06 Å². The third-order valence-corrected chi connectivity index (χ3v) is 12.6. The van der Waals surface area contributed by atoms with Crippen LogP contribution in [0.1, 0.15) is 272 Å². The molecule has 1 aliphatic rings. The number of carbonyl (C=O) groups is 2. The van der Waals surface area contributed by atoms with Crippen LogP contribution in [0.15, 0.2) is 0 Å². The number of hydrogen-bond donors (Lipinski definition) is 0. The van der Waals surface area contributed by atoms with Crippen molar-refractivity contribution >= 4 is 11.9 Å². The molecule has 338 valence electrons. The highest BCUT2D eigenvalue weighted by Crippen LogP contribution is 2.24. The number of carbonyl (C=O) groups excluding carboxylic acids is 2. The fourth-order valence-electron chi connectivity index (χ4n) is 8.73. The molecule has 0 amide bonds. The molecule has 0 spiro atoms. The van der Waals surface area contributed by atoms with E-state index in [0.717, 1.165) is 63.5 Å². The van der Waals surface area contributed by atoms with Crippen molar-refractivity contribution in [1.82, 2.24) is 5.06 Å². The SMILES string of the molecule is CCCCCC(CCCCC)CCOC(=O)CCCCCCCCCC(CCCCCCCCCC(=O)OCCC(CCCCC)CCCCC)ON1CCCC1. The fourth-order valence-corrected chi connectivity index (χ4v) is 8.73. The molecule has 0 aliphatic carbocycles. The van der Waals surface area contributed by atoms with E-state index in [9.17, 15) is 9.59 Å². The smallest absolute Gasteiger partial charge is 0.305 e. The number of rotatable bonds is 44. The summed E-state index contributed by atoms with van der Waals surface area (Å²) in [7, 11) is 0. The third kappa shape index (κ3) is 35.3. The molecule has 6 nitrogen and oxygen atoms in total. The summed E-state index contributed by atoms with van der Waals surface area (Å²) in [6.45, 7) is 12.5. The zero-order chi connectivity index (χ0) is 41.3. The van der Waals surface area contributed by atoms with Gasteiger partial charge in [-0.15, -0.1) is 0 Å². The van der Waals surface area contributed by atoms with Gasteiger partial charge in [0.25, 0.3) is 0 Å². The summed E-state index contributed by atoms with van der Waals surface area (Å²) in [6.07, 6.45) is 46.2. The molecule has 0 radical (unpaired) electrons. The highest BCUT2D eigenvalue weighted by molar-refractivity contribution is 5.69. The van der Waals surface area contributed by atoms with Crippen molar-refractivity contribution in [3.63, 3.8) is 0 Å². The number of esters is 2. The van der Waals surface area contributed by atoms with Crippen LogP contribution in [0.4, 0.5) is 0 Å². The van der Waals surface area contributed by atoms with Crippen LogP contribution in [0.25, 0.3) is 0 Å². The molecular weight excluding hydrogens is 707 g/mol. The molecular formula is C51H99NO5. The minimum absolute atomic E-state index is 0.0126. The Bertz CT molecular complexity index is 781. The molecule has 1 aliphatic heterocycles. The van der Waals surface area contributed by atoms with Crippen molar-refractivity contribution in [1.29, 1.82) is 0 Å². The Kier molecular flexibility index (Phi) is 39.3. The van der Waals surface area contributed by atoms with Crippen molar-refractivity contribution in [3.05, 3.63) is 0 Å². The molecule has 0 bridgehead atoms. The van der Waals surface area contributed by atoms with Crippen LogP contribution in [-0.2, 0) is 23.9 Å². The van der Waals surface area contributed by atoms with E-state index in [4.69, 9.17) is 14.3 Å². The molecule has 0 aromatic heterocycles. The minimum Gasteiger partial charge on any atom is -0.466 e. The second kappa shape index (κ2) is 41.6. The molecule has 0 N–H and O–H groups in total. The van der Waals surface area contributed by atoms with E-state index >= 15 is 0 Å². The van der Waals surface area contributed by atoms with Crippen molar-refractivity contribution in [2.24, 2.45) is 11.8 Å². The Hall–Kier alpha value is -1.14. The quantitative estimate of drug-likeness (QED) is 0.0451. The molecule has 0 atom stereocenters. The Balaban J connectivity index is 2.09. The predicted molar refractivity (Wildman–Crippen MR) is 243 cm³/mol. The zero-order valence-corrected chi connectivity index (χ0v) is 38.9. The maximum absolute atomic E-state index is 12.3. The lowest BCUT2D eigenvalue weighted by atomic mass is 9.92. The molecule has 1 heterocycles. The van der Waals surface area contributed by atoms with Gasteiger partial charge in [0.2, 0.25) is 0 Å². The second-order valence-corrected chi connectivity index (χ2v) is 18.1. The van der Waals surface area contributed by atoms with E-state index < -0.39 is 0 Å². The summed E-state index contributed by atoms with van der Waals surface area (Å²) in [5.41, 5.74) is 0. The van der Waals surface area contributed by atoms with Crippen LogP contribution < -0.4 is 0 Å². The van der Waals surface area contributed by atoms with Crippen LogP contribution in [0, 0.1) is 11.8 Å². The first kappa shape index (κ1) is 53.9. The summed E-state index contributed by atoms with van der Waals surface area (Å²) < 4.78 is 11.3. The summed E-state index contributed by atoms with van der Waals surface area (Å²) in [5.74, 6) is 1.48. The van der Waals surface area contributed by atoms with E-state index in [1.807, 2.05) is 0 Å². The standard InChI is InChI=1S/C51H99NO5/c1-5-9-23-33-47(34-24-10-6-2)41-45-55-50(53)39-29-21-17-13-15-19-27-37-49(57-52-43-31-32-44-52)38-28-20-16-14-18-22-30-40-51(54)56-46-42-48(35-25-11-7-3)36-26-12-8-4/h47-49H,5-46H2,1-4H3.